The van der Waals surface area contributed by atoms with Crippen LogP contribution in [0.25, 0.3) is 0 Å². The second kappa shape index (κ2) is 4.31. The van der Waals surface area contributed by atoms with E-state index in [-0.39, 0.29) is 0 Å². The fourth-order valence-electron chi connectivity index (χ4n) is 1.51. The summed E-state index contributed by atoms with van der Waals surface area (Å²) in [5, 5.41) is 8.96. The number of benzene rings is 1. The van der Waals surface area contributed by atoms with Gasteiger partial charge in [-0.2, -0.15) is 5.26 Å². The first kappa shape index (κ1) is 11.5. The van der Waals surface area contributed by atoms with Crippen LogP contribution in [0.5, 0.6) is 0 Å². The van der Waals surface area contributed by atoms with E-state index in [1.54, 1.807) is 11.9 Å². The third kappa shape index (κ3) is 2.69. The lowest BCUT2D eigenvalue weighted by molar-refractivity contribution is 0.195. The Morgan fingerprint density at radius 3 is 2.27 bits per heavy atom. The lowest BCUT2D eigenvalue weighted by Gasteiger charge is -2.31. The van der Waals surface area contributed by atoms with Crippen LogP contribution in [0.15, 0.2) is 30.3 Å². The number of hydrogen-bond donors (Lipinski definition) is 0. The first-order chi connectivity index (χ1) is 6.96. The highest BCUT2D eigenvalue weighted by Gasteiger charge is 2.32. The number of para-hydroxylation sites is 1. The molecule has 0 spiro atoms. The second-order valence-electron chi connectivity index (χ2n) is 4.04. The maximum Gasteiger partial charge on any atom is 0.150 e. The van der Waals surface area contributed by atoms with Crippen LogP contribution >= 0.6 is 0 Å². The first-order valence-electron chi connectivity index (χ1n) is 4.83. The molecule has 1 aromatic carbocycles. The van der Waals surface area contributed by atoms with Crippen molar-refractivity contribution in [2.75, 3.05) is 11.9 Å². The van der Waals surface area contributed by atoms with Gasteiger partial charge >= 0.3 is 0 Å². The minimum absolute atomic E-state index is 0.778. The van der Waals surface area contributed by atoms with Crippen LogP contribution in [-0.4, -0.2) is 18.8 Å². The van der Waals surface area contributed by atoms with E-state index in [9.17, 15) is 4.39 Å². The predicted molar refractivity (Wildman–Crippen MR) is 59.4 cm³/mol. The van der Waals surface area contributed by atoms with Crippen LogP contribution in [0.2, 0.25) is 0 Å². The van der Waals surface area contributed by atoms with Gasteiger partial charge in [-0.25, -0.2) is 4.39 Å². The quantitative estimate of drug-likeness (QED) is 0.760. The Kier molecular flexibility index (Phi) is 3.31. The molecule has 80 valence electrons. The molecule has 0 amide bonds. The highest BCUT2D eigenvalue weighted by molar-refractivity contribution is 5.48. The summed E-state index contributed by atoms with van der Waals surface area (Å²) in [6.45, 7) is 2.83. The van der Waals surface area contributed by atoms with E-state index in [1.807, 2.05) is 36.4 Å². The Morgan fingerprint density at radius 2 is 1.87 bits per heavy atom. The molecule has 0 saturated heterocycles. The molecule has 0 aliphatic rings. The largest absolute Gasteiger partial charge is 0.356 e. The number of halogens is 1. The van der Waals surface area contributed by atoms with Gasteiger partial charge in [0.15, 0.2) is 6.04 Å². The molecule has 0 fully saturated rings. The smallest absolute Gasteiger partial charge is 0.150 e. The average Bonchev–Trinajstić information content (AvgIpc) is 2.18. The van der Waals surface area contributed by atoms with Crippen molar-refractivity contribution in [3.63, 3.8) is 0 Å². The van der Waals surface area contributed by atoms with Crippen molar-refractivity contribution < 1.29 is 4.39 Å². The number of nitriles is 1. The van der Waals surface area contributed by atoms with Gasteiger partial charge in [-0.1, -0.05) is 18.2 Å². The molecule has 0 radical (unpaired) electrons. The number of rotatable bonds is 3. The van der Waals surface area contributed by atoms with Crippen LogP contribution < -0.4 is 4.90 Å². The van der Waals surface area contributed by atoms with Gasteiger partial charge in [-0.05, 0) is 26.0 Å². The zero-order chi connectivity index (χ0) is 11.5. The molecule has 1 atom stereocenters. The van der Waals surface area contributed by atoms with Gasteiger partial charge < -0.3 is 4.90 Å². The fraction of sp³-hybridized carbons (Fsp3) is 0.417. The third-order valence-electron chi connectivity index (χ3n) is 2.32. The fourth-order valence-corrected chi connectivity index (χ4v) is 1.51. The molecule has 0 aliphatic carbocycles. The SMILES string of the molecule is CN(c1ccccc1)[C@@H](C#N)C(C)(C)F. The molecule has 0 aromatic heterocycles. The molecule has 0 N–H and O–H groups in total. The molecule has 15 heavy (non-hydrogen) atoms. The predicted octanol–water partition coefficient (Wildman–Crippen LogP) is 2.76. The van der Waals surface area contributed by atoms with Crippen molar-refractivity contribution in [1.82, 2.24) is 0 Å². The Labute approximate surface area is 89.9 Å². The van der Waals surface area contributed by atoms with Crippen LogP contribution in [-0.2, 0) is 0 Å². The van der Waals surface area contributed by atoms with Gasteiger partial charge in [0.1, 0.15) is 5.67 Å². The molecular formula is C12H15FN2. The van der Waals surface area contributed by atoms with E-state index in [0.29, 0.717) is 0 Å². The van der Waals surface area contributed by atoms with Crippen molar-refractivity contribution >= 4 is 5.69 Å². The van der Waals surface area contributed by atoms with Gasteiger partial charge in [-0.15, -0.1) is 0 Å². The van der Waals surface area contributed by atoms with Crippen molar-refractivity contribution in [3.8, 4) is 6.07 Å². The average molecular weight is 206 g/mol. The monoisotopic (exact) mass is 206 g/mol. The minimum atomic E-state index is -1.54. The number of hydrogen-bond acceptors (Lipinski definition) is 2. The summed E-state index contributed by atoms with van der Waals surface area (Å²) in [6, 6.07) is 10.5. The second-order valence-corrected chi connectivity index (χ2v) is 4.04. The van der Waals surface area contributed by atoms with Crippen LogP contribution in [0.3, 0.4) is 0 Å². The van der Waals surface area contributed by atoms with E-state index in [2.05, 4.69) is 0 Å². The minimum Gasteiger partial charge on any atom is -0.356 e. The zero-order valence-electron chi connectivity index (χ0n) is 9.24. The lowest BCUT2D eigenvalue weighted by Crippen LogP contribution is -2.44. The molecular weight excluding hydrogens is 191 g/mol. The lowest BCUT2D eigenvalue weighted by atomic mass is 10.0. The third-order valence-corrected chi connectivity index (χ3v) is 2.32. The molecule has 0 heterocycles. The Hall–Kier alpha value is -1.56. The van der Waals surface area contributed by atoms with E-state index >= 15 is 0 Å². The van der Waals surface area contributed by atoms with E-state index in [0.717, 1.165) is 5.69 Å². The van der Waals surface area contributed by atoms with Crippen molar-refractivity contribution in [2.24, 2.45) is 0 Å². The van der Waals surface area contributed by atoms with E-state index in [4.69, 9.17) is 5.26 Å². The summed E-state index contributed by atoms with van der Waals surface area (Å²) in [4.78, 5) is 1.65. The highest BCUT2D eigenvalue weighted by Crippen LogP contribution is 2.23. The molecule has 2 nitrogen and oxygen atoms in total. The summed E-state index contributed by atoms with van der Waals surface area (Å²) in [5.41, 5.74) is -0.700. The molecule has 0 aliphatic heterocycles. The number of nitrogens with zero attached hydrogens (tertiary/aromatic N) is 2. The van der Waals surface area contributed by atoms with Gasteiger partial charge in [-0.3, -0.25) is 0 Å². The molecule has 1 rings (SSSR count). The van der Waals surface area contributed by atoms with E-state index in [1.165, 1.54) is 13.8 Å². The van der Waals surface area contributed by atoms with E-state index < -0.39 is 11.7 Å². The summed E-state index contributed by atoms with van der Waals surface area (Å²) >= 11 is 0. The Morgan fingerprint density at radius 1 is 1.33 bits per heavy atom. The maximum atomic E-state index is 13.7. The van der Waals surface area contributed by atoms with Crippen molar-refractivity contribution in [2.45, 2.75) is 25.6 Å². The topological polar surface area (TPSA) is 27.0 Å². The molecule has 0 unspecified atom stereocenters. The van der Waals surface area contributed by atoms with Gasteiger partial charge in [0.05, 0.1) is 6.07 Å². The standard InChI is InChI=1S/C12H15FN2/c1-12(2,13)11(9-14)15(3)10-7-5-4-6-8-10/h4-8,11H,1-3H3/t11-/m0/s1. The Bertz CT molecular complexity index is 348. The van der Waals surface area contributed by atoms with Gasteiger partial charge in [0, 0.05) is 12.7 Å². The molecule has 1 aromatic rings. The molecule has 0 bridgehead atoms. The van der Waals surface area contributed by atoms with Gasteiger partial charge in [0.2, 0.25) is 0 Å². The van der Waals surface area contributed by atoms with Gasteiger partial charge in [0.25, 0.3) is 0 Å². The van der Waals surface area contributed by atoms with Crippen LogP contribution in [0.4, 0.5) is 10.1 Å². The first-order valence-corrected chi connectivity index (χ1v) is 4.83. The summed E-state index contributed by atoms with van der Waals surface area (Å²) in [6.07, 6.45) is 0. The van der Waals surface area contributed by atoms with Crippen molar-refractivity contribution in [3.05, 3.63) is 30.3 Å². The number of alkyl halides is 1. The zero-order valence-corrected chi connectivity index (χ0v) is 9.24. The van der Waals surface area contributed by atoms with Crippen molar-refractivity contribution in [1.29, 1.82) is 5.26 Å². The van der Waals surface area contributed by atoms with Crippen LogP contribution in [0.1, 0.15) is 13.8 Å². The molecule has 3 heteroatoms. The normalized spacial score (nSPS) is 13.0. The Balaban J connectivity index is 2.94. The highest BCUT2D eigenvalue weighted by atomic mass is 19.1. The summed E-state index contributed by atoms with van der Waals surface area (Å²) in [7, 11) is 1.73. The summed E-state index contributed by atoms with van der Waals surface area (Å²) in [5.74, 6) is 0. The summed E-state index contributed by atoms with van der Waals surface area (Å²) < 4.78 is 13.7. The van der Waals surface area contributed by atoms with Crippen LogP contribution in [0, 0.1) is 11.3 Å². The number of anilines is 1. The molecule has 0 saturated carbocycles. The maximum absolute atomic E-state index is 13.7.